The molecule has 2 aromatic heterocycles. The number of hydrogen-bond acceptors (Lipinski definition) is 4. The minimum absolute atomic E-state index is 0.0853. The second-order valence-electron chi connectivity index (χ2n) is 9.36. The average Bonchev–Trinajstić information content (AvgIpc) is 3.23. The third-order valence-corrected chi connectivity index (χ3v) is 6.38. The maximum atomic E-state index is 12.4. The highest BCUT2D eigenvalue weighted by molar-refractivity contribution is 6.33. The third kappa shape index (κ3) is 4.84. The van der Waals surface area contributed by atoms with Crippen LogP contribution in [0.4, 0.5) is 10.6 Å². The van der Waals surface area contributed by atoms with E-state index in [2.05, 4.69) is 34.6 Å². The van der Waals surface area contributed by atoms with Crippen molar-refractivity contribution in [2.75, 3.05) is 25.0 Å². The molecule has 1 saturated heterocycles. The Labute approximate surface area is 187 Å². The van der Waals surface area contributed by atoms with Crippen LogP contribution < -0.4 is 10.6 Å². The molecule has 2 aromatic rings. The van der Waals surface area contributed by atoms with Gasteiger partial charge in [0, 0.05) is 56.1 Å². The van der Waals surface area contributed by atoms with E-state index < -0.39 is 0 Å². The topological polar surface area (TPSA) is 92.2 Å². The van der Waals surface area contributed by atoms with Gasteiger partial charge < -0.3 is 10.2 Å². The van der Waals surface area contributed by atoms with Crippen LogP contribution in [0.25, 0.3) is 11.1 Å². The maximum Gasteiger partial charge on any atom is 0.320 e. The second-order valence-corrected chi connectivity index (χ2v) is 9.77. The zero-order chi connectivity index (χ0) is 22.2. The fourth-order valence-corrected chi connectivity index (χ4v) is 4.71. The number of aromatic nitrogens is 3. The number of hydrogen-bond donors (Lipinski definition) is 2. The predicted molar refractivity (Wildman–Crippen MR) is 120 cm³/mol. The minimum atomic E-state index is -0.318. The molecule has 0 unspecified atom stereocenters. The van der Waals surface area contributed by atoms with Crippen molar-refractivity contribution in [3.8, 4) is 11.1 Å². The maximum absolute atomic E-state index is 12.4. The summed E-state index contributed by atoms with van der Waals surface area (Å²) in [6.45, 7) is 8.90. The standard InChI is InChI=1S/C22H29ClN6O2/c1-14(30)28-6-4-5-15(12-28)9-25-21(31)27-20-7-16(18(23)11-24-20)17-10-26-29-13-22(2,3)8-19(17)29/h7,10-11,15H,4-6,8-9,12-13H2,1-3H3,(H2,24,25,27,31)/t15-/m1/s1. The molecule has 9 heteroatoms. The normalized spacial score (nSPS) is 19.7. The molecule has 0 bridgehead atoms. The molecule has 166 valence electrons. The molecule has 0 spiro atoms. The predicted octanol–water partition coefficient (Wildman–Crippen LogP) is 3.56. The Morgan fingerprint density at radius 3 is 2.87 bits per heavy atom. The van der Waals surface area contributed by atoms with E-state index in [1.54, 1.807) is 19.2 Å². The molecule has 8 nitrogen and oxygen atoms in total. The fraction of sp³-hybridized carbons (Fsp3) is 0.545. The number of nitrogens with one attached hydrogen (secondary N) is 2. The number of anilines is 1. The lowest BCUT2D eigenvalue weighted by molar-refractivity contribution is -0.130. The first-order chi connectivity index (χ1) is 14.7. The Balaban J connectivity index is 1.40. The first-order valence-electron chi connectivity index (χ1n) is 10.7. The van der Waals surface area contributed by atoms with Crippen LogP contribution >= 0.6 is 11.6 Å². The summed E-state index contributed by atoms with van der Waals surface area (Å²) >= 11 is 6.44. The van der Waals surface area contributed by atoms with E-state index >= 15 is 0 Å². The van der Waals surface area contributed by atoms with Gasteiger partial charge in [-0.05, 0) is 36.7 Å². The van der Waals surface area contributed by atoms with E-state index in [1.165, 1.54) is 0 Å². The summed E-state index contributed by atoms with van der Waals surface area (Å²) in [5.41, 5.74) is 3.11. The van der Waals surface area contributed by atoms with E-state index in [4.69, 9.17) is 11.6 Å². The van der Waals surface area contributed by atoms with Gasteiger partial charge in [0.2, 0.25) is 5.91 Å². The summed E-state index contributed by atoms with van der Waals surface area (Å²) in [4.78, 5) is 30.1. The Hall–Kier alpha value is -2.61. The summed E-state index contributed by atoms with van der Waals surface area (Å²) in [6, 6.07) is 1.48. The molecule has 4 rings (SSSR count). The number of fused-ring (bicyclic) bond motifs is 1. The van der Waals surface area contributed by atoms with E-state index in [9.17, 15) is 9.59 Å². The van der Waals surface area contributed by atoms with Crippen molar-refractivity contribution >= 4 is 29.4 Å². The van der Waals surface area contributed by atoms with Gasteiger partial charge in [-0.3, -0.25) is 14.8 Å². The molecule has 1 atom stereocenters. The van der Waals surface area contributed by atoms with Gasteiger partial charge in [-0.25, -0.2) is 9.78 Å². The van der Waals surface area contributed by atoms with E-state index in [0.717, 1.165) is 49.2 Å². The number of nitrogens with zero attached hydrogens (tertiary/aromatic N) is 4. The number of carbonyl (C=O) groups is 2. The van der Waals surface area contributed by atoms with Crippen LogP contribution in [-0.2, 0) is 17.8 Å². The number of halogens is 1. The Bertz CT molecular complexity index is 1000. The van der Waals surface area contributed by atoms with Gasteiger partial charge in [0.1, 0.15) is 5.82 Å². The van der Waals surface area contributed by atoms with Crippen LogP contribution in [0.2, 0.25) is 5.02 Å². The van der Waals surface area contributed by atoms with Crippen LogP contribution in [-0.4, -0.2) is 51.2 Å². The van der Waals surface area contributed by atoms with Crippen molar-refractivity contribution in [1.29, 1.82) is 0 Å². The molecule has 0 radical (unpaired) electrons. The highest BCUT2D eigenvalue weighted by atomic mass is 35.5. The average molecular weight is 445 g/mol. The van der Waals surface area contributed by atoms with Gasteiger partial charge in [0.05, 0.1) is 11.2 Å². The number of carbonyl (C=O) groups excluding carboxylic acids is 2. The Morgan fingerprint density at radius 2 is 2.10 bits per heavy atom. The number of amides is 3. The highest BCUT2D eigenvalue weighted by Crippen LogP contribution is 2.39. The number of pyridine rings is 1. The van der Waals surface area contributed by atoms with Crippen molar-refractivity contribution in [1.82, 2.24) is 25.0 Å². The quantitative estimate of drug-likeness (QED) is 0.754. The van der Waals surface area contributed by atoms with Gasteiger partial charge in [0.15, 0.2) is 0 Å². The molecule has 0 saturated carbocycles. The van der Waals surface area contributed by atoms with Crippen molar-refractivity contribution < 1.29 is 9.59 Å². The zero-order valence-electron chi connectivity index (χ0n) is 18.2. The van der Waals surface area contributed by atoms with Crippen molar-refractivity contribution in [3.05, 3.63) is 29.2 Å². The summed E-state index contributed by atoms with van der Waals surface area (Å²) < 4.78 is 2.03. The lowest BCUT2D eigenvalue weighted by atomic mass is 9.89. The van der Waals surface area contributed by atoms with E-state index in [-0.39, 0.29) is 23.3 Å². The van der Waals surface area contributed by atoms with Crippen LogP contribution in [0, 0.1) is 11.3 Å². The van der Waals surface area contributed by atoms with E-state index in [1.807, 2.05) is 15.8 Å². The summed E-state index contributed by atoms with van der Waals surface area (Å²) in [7, 11) is 0. The van der Waals surface area contributed by atoms with Crippen molar-refractivity contribution in [3.63, 3.8) is 0 Å². The molecule has 4 heterocycles. The zero-order valence-corrected chi connectivity index (χ0v) is 19.0. The monoisotopic (exact) mass is 444 g/mol. The van der Waals surface area contributed by atoms with Crippen LogP contribution in [0.3, 0.4) is 0 Å². The van der Waals surface area contributed by atoms with E-state index in [0.29, 0.717) is 23.9 Å². The Kier molecular flexibility index (Phi) is 5.92. The summed E-state index contributed by atoms with van der Waals surface area (Å²) in [5, 5.41) is 10.7. The molecule has 31 heavy (non-hydrogen) atoms. The smallest absolute Gasteiger partial charge is 0.320 e. The highest BCUT2D eigenvalue weighted by Gasteiger charge is 2.32. The number of likely N-dealkylation sites (tertiary alicyclic amines) is 1. The van der Waals surface area contributed by atoms with Gasteiger partial charge >= 0.3 is 6.03 Å². The molecule has 2 aliphatic heterocycles. The van der Waals surface area contributed by atoms with Crippen LogP contribution in [0.5, 0.6) is 0 Å². The van der Waals surface area contributed by atoms with Crippen molar-refractivity contribution in [2.45, 2.75) is 46.6 Å². The molecule has 3 amide bonds. The molecular weight excluding hydrogens is 416 g/mol. The summed E-state index contributed by atoms with van der Waals surface area (Å²) in [6.07, 6.45) is 6.27. The van der Waals surface area contributed by atoms with Gasteiger partial charge in [0.25, 0.3) is 0 Å². The molecule has 2 N–H and O–H groups in total. The lowest BCUT2D eigenvalue weighted by Gasteiger charge is -2.32. The van der Waals surface area contributed by atoms with Gasteiger partial charge in [-0.15, -0.1) is 0 Å². The minimum Gasteiger partial charge on any atom is -0.343 e. The molecule has 1 fully saturated rings. The first-order valence-corrected chi connectivity index (χ1v) is 11.1. The van der Waals surface area contributed by atoms with Crippen LogP contribution in [0.15, 0.2) is 18.5 Å². The number of rotatable bonds is 4. The van der Waals surface area contributed by atoms with Gasteiger partial charge in [-0.2, -0.15) is 5.10 Å². The number of urea groups is 1. The van der Waals surface area contributed by atoms with Crippen LogP contribution in [0.1, 0.15) is 39.3 Å². The largest absolute Gasteiger partial charge is 0.343 e. The molecular formula is C22H29ClN6O2. The Morgan fingerprint density at radius 1 is 1.29 bits per heavy atom. The summed E-state index contributed by atoms with van der Waals surface area (Å²) in [5.74, 6) is 0.778. The first kappa shape index (κ1) is 21.6. The van der Waals surface area contributed by atoms with Gasteiger partial charge in [-0.1, -0.05) is 25.4 Å². The third-order valence-electron chi connectivity index (χ3n) is 6.08. The molecule has 0 aliphatic carbocycles. The molecule has 2 aliphatic rings. The van der Waals surface area contributed by atoms with Crippen molar-refractivity contribution in [2.24, 2.45) is 11.3 Å². The lowest BCUT2D eigenvalue weighted by Crippen LogP contribution is -2.43. The molecule has 0 aromatic carbocycles. The number of piperidine rings is 1. The second kappa shape index (κ2) is 8.49. The fourth-order valence-electron chi connectivity index (χ4n) is 4.50. The SMILES string of the molecule is CC(=O)N1CCC[C@H](CNC(=O)Nc2cc(-c3cnn4c3CC(C)(C)C4)c(Cl)cn2)C1.